The molecule has 0 radical (unpaired) electrons. The molecule has 1 saturated heterocycles. The van der Waals surface area contributed by atoms with Crippen molar-refractivity contribution in [2.45, 2.75) is 45.1 Å². The average Bonchev–Trinajstić information content (AvgIpc) is 2.78. The number of carbonyl (C=O) groups is 3. The fourth-order valence-corrected chi connectivity index (χ4v) is 4.82. The highest BCUT2D eigenvalue weighted by atomic mass is 16.6. The van der Waals surface area contributed by atoms with E-state index in [2.05, 4.69) is 0 Å². The van der Waals surface area contributed by atoms with E-state index in [1.165, 1.54) is 12.0 Å². The van der Waals surface area contributed by atoms with Crippen molar-refractivity contribution in [2.75, 3.05) is 20.3 Å². The van der Waals surface area contributed by atoms with Crippen LogP contribution in [-0.2, 0) is 25.5 Å². The number of fused-ring (bicyclic) bond motifs is 1. The zero-order valence-corrected chi connectivity index (χ0v) is 18.2. The van der Waals surface area contributed by atoms with Crippen LogP contribution in [0, 0.1) is 17.8 Å². The van der Waals surface area contributed by atoms with Crippen LogP contribution < -0.4 is 0 Å². The Hall–Kier alpha value is -2.83. The van der Waals surface area contributed by atoms with Gasteiger partial charge in [0.05, 0.1) is 19.6 Å². The van der Waals surface area contributed by atoms with Gasteiger partial charge in [-0.3, -0.25) is 9.69 Å². The molecule has 31 heavy (non-hydrogen) atoms. The normalized spacial score (nSPS) is 25.4. The van der Waals surface area contributed by atoms with Crippen molar-refractivity contribution in [1.82, 2.24) is 4.90 Å². The molecule has 1 aliphatic carbocycles. The van der Waals surface area contributed by atoms with Crippen molar-refractivity contribution in [1.29, 1.82) is 0 Å². The number of carbonyl (C=O) groups excluding carboxylic acids is 2. The Balaban J connectivity index is 1.73. The Morgan fingerprint density at radius 2 is 1.97 bits per heavy atom. The average molecular weight is 430 g/mol. The molecule has 1 aromatic carbocycles. The summed E-state index contributed by atoms with van der Waals surface area (Å²) in [6.07, 6.45) is 4.76. The number of carboxylic acid groups (broad SMARTS) is 1. The molecule has 1 heterocycles. The number of rotatable bonds is 6. The highest BCUT2D eigenvalue weighted by Gasteiger charge is 2.44. The van der Waals surface area contributed by atoms with Crippen LogP contribution in [0.1, 0.15) is 38.2 Å². The Bertz CT molecular complexity index is 821. The molecule has 2 fully saturated rings. The van der Waals surface area contributed by atoms with Gasteiger partial charge < -0.3 is 14.6 Å². The number of methoxy groups -OCH3 is 1. The van der Waals surface area contributed by atoms with Gasteiger partial charge in [-0.1, -0.05) is 42.0 Å². The summed E-state index contributed by atoms with van der Waals surface area (Å²) < 4.78 is 10.1. The maximum atomic E-state index is 12.5. The Labute approximate surface area is 183 Å². The van der Waals surface area contributed by atoms with E-state index in [0.717, 1.165) is 30.4 Å². The van der Waals surface area contributed by atoms with E-state index in [9.17, 15) is 19.5 Å². The minimum atomic E-state index is -0.830. The molecule has 4 atom stereocenters. The van der Waals surface area contributed by atoms with E-state index < -0.39 is 30.0 Å². The second kappa shape index (κ2) is 10.5. The molecular weight excluding hydrogens is 398 g/mol. The smallest absolute Gasteiger partial charge is 0.410 e. The molecule has 4 unspecified atom stereocenters. The molecule has 3 rings (SSSR count). The molecule has 7 heteroatoms. The number of nitrogens with zero attached hydrogens (tertiary/aromatic N) is 1. The standard InChI is InChI=1S/C24H31NO6/c1-3-31-23(28)21-14-19-12-17(9-10-18(19)15-25(21)24(29)30-2)13-20(22(26)27)11-16-7-5-4-6-8-16/h4-8,13,18-21H,3,9-12,14-15H2,1-2H3,(H,26,27). The fourth-order valence-electron chi connectivity index (χ4n) is 4.82. The summed E-state index contributed by atoms with van der Waals surface area (Å²) in [4.78, 5) is 38.1. The van der Waals surface area contributed by atoms with E-state index in [-0.39, 0.29) is 18.4 Å². The quantitative estimate of drug-likeness (QED) is 0.548. The number of amides is 1. The molecule has 2 aliphatic rings. The molecule has 1 N–H and O–H groups in total. The van der Waals surface area contributed by atoms with E-state index in [1.54, 1.807) is 6.92 Å². The number of ether oxygens (including phenoxy) is 2. The van der Waals surface area contributed by atoms with Crippen LogP contribution in [0.25, 0.3) is 0 Å². The van der Waals surface area contributed by atoms with Crippen LogP contribution in [-0.4, -0.2) is 54.3 Å². The lowest BCUT2D eigenvalue weighted by Gasteiger charge is -2.44. The van der Waals surface area contributed by atoms with Gasteiger partial charge in [0.25, 0.3) is 0 Å². The summed E-state index contributed by atoms with van der Waals surface area (Å²) in [6.45, 7) is 2.45. The molecule has 168 valence electrons. The summed E-state index contributed by atoms with van der Waals surface area (Å²) >= 11 is 0. The molecule has 0 bridgehead atoms. The summed E-state index contributed by atoms with van der Waals surface area (Å²) in [5, 5.41) is 9.73. The van der Waals surface area contributed by atoms with Crippen molar-refractivity contribution in [3.63, 3.8) is 0 Å². The highest BCUT2D eigenvalue weighted by molar-refractivity contribution is 5.81. The van der Waals surface area contributed by atoms with Gasteiger partial charge in [-0.2, -0.15) is 0 Å². The van der Waals surface area contributed by atoms with Crippen LogP contribution in [0.4, 0.5) is 4.79 Å². The maximum absolute atomic E-state index is 12.5. The number of aliphatic carboxylic acids is 1. The van der Waals surface area contributed by atoms with Crippen molar-refractivity contribution >= 4 is 18.0 Å². The molecule has 1 amide bonds. The summed E-state index contributed by atoms with van der Waals surface area (Å²) in [6, 6.07) is 8.97. The largest absolute Gasteiger partial charge is 0.481 e. The summed E-state index contributed by atoms with van der Waals surface area (Å²) in [5.41, 5.74) is 2.12. The van der Waals surface area contributed by atoms with E-state index in [1.807, 2.05) is 36.4 Å². The van der Waals surface area contributed by atoms with Gasteiger partial charge in [0.2, 0.25) is 0 Å². The molecule has 0 aromatic heterocycles. The van der Waals surface area contributed by atoms with Crippen molar-refractivity contribution < 1.29 is 29.0 Å². The van der Waals surface area contributed by atoms with Crippen molar-refractivity contribution in [3.05, 3.63) is 47.5 Å². The Morgan fingerprint density at radius 3 is 2.61 bits per heavy atom. The van der Waals surface area contributed by atoms with Crippen LogP contribution in [0.3, 0.4) is 0 Å². The summed E-state index contributed by atoms with van der Waals surface area (Å²) in [5.74, 6) is -1.34. The van der Waals surface area contributed by atoms with Crippen LogP contribution in [0.15, 0.2) is 42.0 Å². The number of likely N-dealkylation sites (tertiary alicyclic amines) is 1. The number of piperidine rings is 1. The molecule has 1 aliphatic heterocycles. The Kier molecular flexibility index (Phi) is 7.71. The first-order valence-corrected chi connectivity index (χ1v) is 10.9. The van der Waals surface area contributed by atoms with Crippen LogP contribution in [0.2, 0.25) is 0 Å². The first-order chi connectivity index (χ1) is 14.9. The van der Waals surface area contributed by atoms with Gasteiger partial charge in [0.1, 0.15) is 6.04 Å². The number of benzene rings is 1. The third-order valence-electron chi connectivity index (χ3n) is 6.38. The highest BCUT2D eigenvalue weighted by Crippen LogP contribution is 2.41. The van der Waals surface area contributed by atoms with Crippen molar-refractivity contribution in [3.8, 4) is 0 Å². The fraction of sp³-hybridized carbons (Fsp3) is 0.542. The van der Waals surface area contributed by atoms with Gasteiger partial charge in [-0.05, 0) is 56.4 Å². The monoisotopic (exact) mass is 429 g/mol. The lowest BCUT2D eigenvalue weighted by Crippen LogP contribution is -2.54. The second-order valence-electron chi connectivity index (χ2n) is 8.35. The summed E-state index contributed by atoms with van der Waals surface area (Å²) in [7, 11) is 1.32. The number of hydrogen-bond acceptors (Lipinski definition) is 5. The van der Waals surface area contributed by atoms with Gasteiger partial charge >= 0.3 is 18.0 Å². The number of allylic oxidation sites excluding steroid dienone is 1. The van der Waals surface area contributed by atoms with E-state index in [4.69, 9.17) is 9.47 Å². The van der Waals surface area contributed by atoms with Gasteiger partial charge in [-0.25, -0.2) is 9.59 Å². The first-order valence-electron chi connectivity index (χ1n) is 10.9. The third-order valence-corrected chi connectivity index (χ3v) is 6.38. The van der Waals surface area contributed by atoms with Gasteiger partial charge in [0.15, 0.2) is 0 Å². The number of esters is 1. The predicted molar refractivity (Wildman–Crippen MR) is 114 cm³/mol. The first kappa shape index (κ1) is 22.8. The minimum Gasteiger partial charge on any atom is -0.481 e. The molecule has 1 aromatic rings. The van der Waals surface area contributed by atoms with Crippen molar-refractivity contribution in [2.24, 2.45) is 17.8 Å². The lowest BCUT2D eigenvalue weighted by molar-refractivity contribution is -0.152. The molecule has 1 saturated carbocycles. The zero-order valence-electron chi connectivity index (χ0n) is 18.2. The van der Waals surface area contributed by atoms with E-state index >= 15 is 0 Å². The number of carboxylic acids is 1. The second-order valence-corrected chi connectivity index (χ2v) is 8.35. The SMILES string of the molecule is CCOC(=O)C1CC2CC(=CC(Cc3ccccc3)C(=O)O)CCC2CN1C(=O)OC. The third kappa shape index (κ3) is 5.66. The van der Waals surface area contributed by atoms with Crippen LogP contribution in [0.5, 0.6) is 0 Å². The molecule has 7 nitrogen and oxygen atoms in total. The molecular formula is C24H31NO6. The molecule has 0 spiro atoms. The van der Waals surface area contributed by atoms with Gasteiger partial charge in [-0.15, -0.1) is 0 Å². The number of hydrogen-bond donors (Lipinski definition) is 1. The topological polar surface area (TPSA) is 93.1 Å². The zero-order chi connectivity index (χ0) is 22.4. The van der Waals surface area contributed by atoms with Gasteiger partial charge in [0, 0.05) is 6.54 Å². The van der Waals surface area contributed by atoms with E-state index in [0.29, 0.717) is 19.4 Å². The minimum absolute atomic E-state index is 0.210. The Morgan fingerprint density at radius 1 is 1.23 bits per heavy atom. The van der Waals surface area contributed by atoms with Crippen LogP contribution >= 0.6 is 0 Å². The predicted octanol–water partition coefficient (Wildman–Crippen LogP) is 3.68. The lowest BCUT2D eigenvalue weighted by atomic mass is 9.70. The maximum Gasteiger partial charge on any atom is 0.410 e.